The maximum absolute atomic E-state index is 12.5. The molecule has 6 nitrogen and oxygen atoms in total. The van der Waals surface area contributed by atoms with Crippen LogP contribution < -0.4 is 4.74 Å². The molecule has 1 aliphatic rings. The molecular weight excluding hydrogens is 350 g/mol. The van der Waals surface area contributed by atoms with Crippen LogP contribution >= 0.6 is 11.8 Å². The Balaban J connectivity index is 1.49. The minimum atomic E-state index is 0.130. The highest BCUT2D eigenvalue weighted by molar-refractivity contribution is 7.99. The summed E-state index contributed by atoms with van der Waals surface area (Å²) in [7, 11) is 0. The lowest BCUT2D eigenvalue weighted by Crippen LogP contribution is -2.48. The molecule has 2 atom stereocenters. The number of aryl methyl sites for hydroxylation is 1. The van der Waals surface area contributed by atoms with Crippen molar-refractivity contribution in [2.45, 2.75) is 63.9 Å². The van der Waals surface area contributed by atoms with E-state index in [0.717, 1.165) is 24.2 Å². The molecule has 0 saturated carbocycles. The number of piperidine rings is 1. The third-order valence-corrected chi connectivity index (χ3v) is 5.40. The summed E-state index contributed by atoms with van der Waals surface area (Å²) in [6.45, 7) is 6.46. The van der Waals surface area contributed by atoms with Crippen LogP contribution in [0.4, 0.5) is 0 Å². The first-order chi connectivity index (χ1) is 12.5. The van der Waals surface area contributed by atoms with Gasteiger partial charge in [0.25, 0.3) is 11.1 Å². The van der Waals surface area contributed by atoms with Crippen molar-refractivity contribution in [1.29, 1.82) is 0 Å². The van der Waals surface area contributed by atoms with Gasteiger partial charge in [0.1, 0.15) is 5.75 Å². The number of likely N-dealkylation sites (tertiary alicyclic amines) is 1. The molecule has 26 heavy (non-hydrogen) atoms. The van der Waals surface area contributed by atoms with E-state index >= 15 is 0 Å². The molecule has 0 unspecified atom stereocenters. The van der Waals surface area contributed by atoms with E-state index in [-0.39, 0.29) is 12.5 Å². The fraction of sp³-hybridized carbons (Fsp3) is 0.526. The van der Waals surface area contributed by atoms with Crippen LogP contribution in [0.3, 0.4) is 0 Å². The average Bonchev–Trinajstić information content (AvgIpc) is 3.06. The normalized spacial score (nSPS) is 20.2. The fourth-order valence-corrected chi connectivity index (χ4v) is 3.97. The van der Waals surface area contributed by atoms with Crippen LogP contribution in [0.25, 0.3) is 0 Å². The van der Waals surface area contributed by atoms with Crippen molar-refractivity contribution in [3.63, 3.8) is 0 Å². The highest BCUT2D eigenvalue weighted by atomic mass is 32.2. The van der Waals surface area contributed by atoms with Gasteiger partial charge in [-0.1, -0.05) is 23.9 Å². The van der Waals surface area contributed by atoms with Gasteiger partial charge in [0.2, 0.25) is 5.91 Å². The number of ether oxygens (including phenoxy) is 1. The van der Waals surface area contributed by atoms with Gasteiger partial charge in [-0.2, -0.15) is 0 Å². The van der Waals surface area contributed by atoms with E-state index < -0.39 is 0 Å². The predicted octanol–water partition coefficient (Wildman–Crippen LogP) is 3.84. The number of rotatable bonds is 6. The molecule has 0 bridgehead atoms. The molecule has 1 amide bonds. The Morgan fingerprint density at radius 1 is 1.31 bits per heavy atom. The van der Waals surface area contributed by atoms with Crippen LogP contribution in [-0.4, -0.2) is 38.8 Å². The van der Waals surface area contributed by atoms with E-state index in [0.29, 0.717) is 29.0 Å². The lowest BCUT2D eigenvalue weighted by atomic mass is 9.98. The summed E-state index contributed by atoms with van der Waals surface area (Å²) in [5.41, 5.74) is 1.13. The molecular formula is C19H25N3O3S. The maximum atomic E-state index is 12.5. The van der Waals surface area contributed by atoms with Crippen molar-refractivity contribution >= 4 is 17.7 Å². The van der Waals surface area contributed by atoms with E-state index in [1.54, 1.807) is 0 Å². The summed E-state index contributed by atoms with van der Waals surface area (Å²) in [4.78, 5) is 14.5. The van der Waals surface area contributed by atoms with Crippen LogP contribution in [0.2, 0.25) is 0 Å². The SMILES string of the molecule is Cc1cccc(OCc2nnc(SCC(=O)N3[C@H](C)CCC[C@@H]3C)o2)c1. The number of carbonyl (C=O) groups is 1. The summed E-state index contributed by atoms with van der Waals surface area (Å²) < 4.78 is 11.2. The van der Waals surface area contributed by atoms with Gasteiger partial charge in [-0.3, -0.25) is 4.79 Å². The zero-order chi connectivity index (χ0) is 18.5. The summed E-state index contributed by atoms with van der Waals surface area (Å²) in [5.74, 6) is 1.61. The molecule has 3 rings (SSSR count). The van der Waals surface area contributed by atoms with Gasteiger partial charge in [-0.05, 0) is 57.7 Å². The summed E-state index contributed by atoms with van der Waals surface area (Å²) in [6.07, 6.45) is 3.33. The number of hydrogen-bond acceptors (Lipinski definition) is 6. The van der Waals surface area contributed by atoms with Crippen molar-refractivity contribution in [2.75, 3.05) is 5.75 Å². The number of hydrogen-bond donors (Lipinski definition) is 0. The number of carbonyl (C=O) groups excluding carboxylic acids is 1. The van der Waals surface area contributed by atoms with Gasteiger partial charge in [0.15, 0.2) is 6.61 Å². The summed E-state index contributed by atoms with van der Waals surface area (Å²) in [6, 6.07) is 8.38. The van der Waals surface area contributed by atoms with Crippen molar-refractivity contribution in [3.05, 3.63) is 35.7 Å². The van der Waals surface area contributed by atoms with Crippen LogP contribution in [0.15, 0.2) is 33.9 Å². The van der Waals surface area contributed by atoms with E-state index in [1.807, 2.05) is 36.1 Å². The standard InChI is InChI=1S/C19H25N3O3S/c1-13-6-4-9-16(10-13)24-11-17-20-21-19(25-17)26-12-18(23)22-14(2)7-5-8-15(22)3/h4,6,9-10,14-15H,5,7-8,11-12H2,1-3H3/t14-,15+. The molecule has 1 fully saturated rings. The van der Waals surface area contributed by atoms with Crippen LogP contribution in [0, 0.1) is 6.92 Å². The molecule has 0 N–H and O–H groups in total. The number of thioether (sulfide) groups is 1. The molecule has 1 aliphatic heterocycles. The minimum absolute atomic E-state index is 0.130. The summed E-state index contributed by atoms with van der Waals surface area (Å²) >= 11 is 1.28. The average molecular weight is 375 g/mol. The first-order valence-electron chi connectivity index (χ1n) is 8.98. The fourth-order valence-electron chi connectivity index (χ4n) is 3.32. The zero-order valence-corrected chi connectivity index (χ0v) is 16.3. The molecule has 1 aromatic heterocycles. The van der Waals surface area contributed by atoms with Gasteiger partial charge in [-0.25, -0.2) is 0 Å². The van der Waals surface area contributed by atoms with E-state index in [4.69, 9.17) is 9.15 Å². The van der Waals surface area contributed by atoms with Crippen LogP contribution in [-0.2, 0) is 11.4 Å². The number of aromatic nitrogens is 2. The Kier molecular flexibility index (Phi) is 6.19. The monoisotopic (exact) mass is 375 g/mol. The highest BCUT2D eigenvalue weighted by Crippen LogP contribution is 2.25. The van der Waals surface area contributed by atoms with Gasteiger partial charge in [-0.15, -0.1) is 10.2 Å². The number of benzene rings is 1. The lowest BCUT2D eigenvalue weighted by molar-refractivity contribution is -0.134. The highest BCUT2D eigenvalue weighted by Gasteiger charge is 2.29. The molecule has 140 valence electrons. The number of amides is 1. The van der Waals surface area contributed by atoms with Gasteiger partial charge < -0.3 is 14.1 Å². The Morgan fingerprint density at radius 2 is 2.08 bits per heavy atom. The topological polar surface area (TPSA) is 68.5 Å². The summed E-state index contributed by atoms with van der Waals surface area (Å²) in [5, 5.41) is 8.38. The number of nitrogens with zero attached hydrogens (tertiary/aromatic N) is 3. The van der Waals surface area contributed by atoms with E-state index in [2.05, 4.69) is 24.0 Å². The smallest absolute Gasteiger partial charge is 0.277 e. The molecule has 2 heterocycles. The maximum Gasteiger partial charge on any atom is 0.277 e. The van der Waals surface area contributed by atoms with Crippen LogP contribution in [0.5, 0.6) is 5.75 Å². The Hall–Kier alpha value is -2.02. The second-order valence-corrected chi connectivity index (χ2v) is 7.71. The van der Waals surface area contributed by atoms with Crippen LogP contribution in [0.1, 0.15) is 44.6 Å². The Bertz CT molecular complexity index is 739. The molecule has 1 aromatic carbocycles. The predicted molar refractivity (Wildman–Crippen MR) is 100 cm³/mol. The lowest BCUT2D eigenvalue weighted by Gasteiger charge is -2.39. The Morgan fingerprint density at radius 3 is 2.81 bits per heavy atom. The van der Waals surface area contributed by atoms with Gasteiger partial charge in [0, 0.05) is 12.1 Å². The van der Waals surface area contributed by atoms with Crippen molar-refractivity contribution < 1.29 is 13.9 Å². The van der Waals surface area contributed by atoms with Crippen molar-refractivity contribution in [1.82, 2.24) is 15.1 Å². The van der Waals surface area contributed by atoms with Gasteiger partial charge >= 0.3 is 0 Å². The Labute approximate surface area is 158 Å². The molecule has 2 aromatic rings. The molecule has 0 aliphatic carbocycles. The molecule has 1 saturated heterocycles. The second kappa shape index (κ2) is 8.58. The molecule has 0 spiro atoms. The third-order valence-electron chi connectivity index (χ3n) is 4.60. The second-order valence-electron chi connectivity index (χ2n) is 6.79. The quantitative estimate of drug-likeness (QED) is 0.715. The largest absolute Gasteiger partial charge is 0.484 e. The molecule has 0 radical (unpaired) electrons. The van der Waals surface area contributed by atoms with E-state index in [9.17, 15) is 4.79 Å². The first-order valence-corrected chi connectivity index (χ1v) is 9.97. The first kappa shape index (κ1) is 18.8. The van der Waals surface area contributed by atoms with Crippen molar-refractivity contribution in [2.24, 2.45) is 0 Å². The third kappa shape index (κ3) is 4.78. The zero-order valence-electron chi connectivity index (χ0n) is 15.5. The minimum Gasteiger partial charge on any atom is -0.484 e. The van der Waals surface area contributed by atoms with Gasteiger partial charge in [0.05, 0.1) is 5.75 Å². The van der Waals surface area contributed by atoms with Crippen molar-refractivity contribution in [3.8, 4) is 5.75 Å². The van der Waals surface area contributed by atoms with E-state index in [1.165, 1.54) is 18.2 Å². The molecule has 7 heteroatoms.